The smallest absolute Gasteiger partial charge is 0.245 e. The van der Waals surface area contributed by atoms with Crippen molar-refractivity contribution in [2.24, 2.45) is 24.8 Å². The number of carbonyl (C=O) groups is 4. The second kappa shape index (κ2) is 16.7. The minimum atomic E-state index is -0.570. The zero-order valence-electron chi connectivity index (χ0n) is 27.6. The van der Waals surface area contributed by atoms with E-state index in [0.717, 1.165) is 49.6 Å². The molecule has 10 heteroatoms. The van der Waals surface area contributed by atoms with Crippen molar-refractivity contribution in [3.8, 4) is 0 Å². The van der Waals surface area contributed by atoms with Gasteiger partial charge in [-0.2, -0.15) is 5.10 Å². The zero-order chi connectivity index (χ0) is 32.3. The molecule has 2 aliphatic carbocycles. The fourth-order valence-corrected chi connectivity index (χ4v) is 6.32. The van der Waals surface area contributed by atoms with E-state index in [2.05, 4.69) is 20.6 Å². The van der Waals surface area contributed by atoms with E-state index in [1.165, 1.54) is 39.0 Å². The van der Waals surface area contributed by atoms with Crippen LogP contribution in [0.4, 0.5) is 5.69 Å². The third-order valence-corrected chi connectivity index (χ3v) is 9.47. The summed E-state index contributed by atoms with van der Waals surface area (Å²) in [5.41, 5.74) is 2.39. The third kappa shape index (κ3) is 10.5. The first-order valence-electron chi connectivity index (χ1n) is 16.8. The van der Waals surface area contributed by atoms with Crippen molar-refractivity contribution in [2.45, 2.75) is 84.6 Å². The topological polar surface area (TPSA) is 117 Å². The first-order valence-corrected chi connectivity index (χ1v) is 16.8. The molecule has 0 spiro atoms. The van der Waals surface area contributed by atoms with Crippen molar-refractivity contribution in [1.82, 2.24) is 24.9 Å². The number of ketones is 1. The molecule has 2 saturated carbocycles. The number of amides is 3. The molecule has 3 fully saturated rings. The molecule has 2 aromatic rings. The monoisotopic (exact) mass is 620 g/mol. The molecule has 2 heterocycles. The van der Waals surface area contributed by atoms with E-state index in [9.17, 15) is 19.2 Å². The largest absolute Gasteiger partial charge is 0.344 e. The van der Waals surface area contributed by atoms with Gasteiger partial charge in [0.05, 0.1) is 0 Å². The van der Waals surface area contributed by atoms with Gasteiger partial charge in [0, 0.05) is 77.3 Å². The van der Waals surface area contributed by atoms with Crippen LogP contribution < -0.4 is 10.6 Å². The minimum Gasteiger partial charge on any atom is -0.344 e. The molecule has 2 N–H and O–H groups in total. The Labute approximate surface area is 268 Å². The van der Waals surface area contributed by atoms with Crippen LogP contribution >= 0.6 is 0 Å². The fourth-order valence-electron chi connectivity index (χ4n) is 6.32. The highest BCUT2D eigenvalue weighted by atomic mass is 16.2. The first-order chi connectivity index (χ1) is 21.6. The second-order valence-corrected chi connectivity index (χ2v) is 13.0. The predicted octanol–water partition coefficient (Wildman–Crippen LogP) is 4.46. The van der Waals surface area contributed by atoms with E-state index in [1.807, 2.05) is 36.1 Å². The van der Waals surface area contributed by atoms with Gasteiger partial charge in [0.1, 0.15) is 11.7 Å². The Morgan fingerprint density at radius 1 is 0.933 bits per heavy atom. The van der Waals surface area contributed by atoms with Crippen molar-refractivity contribution < 1.29 is 19.2 Å². The van der Waals surface area contributed by atoms with Crippen molar-refractivity contribution in [2.75, 3.05) is 38.0 Å². The summed E-state index contributed by atoms with van der Waals surface area (Å²) in [5.74, 6) is 1.37. The van der Waals surface area contributed by atoms with Crippen molar-refractivity contribution in [3.05, 3.63) is 47.8 Å². The number of piperazine rings is 1. The van der Waals surface area contributed by atoms with E-state index in [0.29, 0.717) is 37.5 Å². The Morgan fingerprint density at radius 3 is 2.13 bits per heavy atom. The maximum absolute atomic E-state index is 13.4. The van der Waals surface area contributed by atoms with Crippen LogP contribution in [0.25, 0.3) is 0 Å². The second-order valence-electron chi connectivity index (χ2n) is 13.0. The lowest BCUT2D eigenvalue weighted by atomic mass is 9.80. The van der Waals surface area contributed by atoms with Gasteiger partial charge in [-0.3, -0.25) is 28.8 Å². The summed E-state index contributed by atoms with van der Waals surface area (Å²) in [7, 11) is 1.75. The van der Waals surface area contributed by atoms with Crippen LogP contribution in [0.3, 0.4) is 0 Å². The Morgan fingerprint density at radius 2 is 1.60 bits per heavy atom. The number of hydrogen-bond donors (Lipinski definition) is 2. The number of aromatic nitrogens is 2. The molecule has 2 atom stereocenters. The zero-order valence-corrected chi connectivity index (χ0v) is 27.6. The number of nitrogens with one attached hydrogen (secondary N) is 2. The predicted molar refractivity (Wildman–Crippen MR) is 176 cm³/mol. The quantitative estimate of drug-likeness (QED) is 0.359. The summed E-state index contributed by atoms with van der Waals surface area (Å²) in [5, 5.41) is 9.85. The highest BCUT2D eigenvalue weighted by Crippen LogP contribution is 2.31. The number of benzene rings is 1. The molecule has 10 nitrogen and oxygen atoms in total. The van der Waals surface area contributed by atoms with E-state index in [1.54, 1.807) is 30.9 Å². The van der Waals surface area contributed by atoms with E-state index in [4.69, 9.17) is 0 Å². The van der Waals surface area contributed by atoms with E-state index < -0.39 is 6.04 Å². The van der Waals surface area contributed by atoms with Gasteiger partial charge in [-0.1, -0.05) is 45.2 Å². The third-order valence-electron chi connectivity index (χ3n) is 9.47. The number of aryl methyl sites for hydroxylation is 1. The first kappa shape index (κ1) is 34.3. The van der Waals surface area contributed by atoms with Crippen LogP contribution in [0.5, 0.6) is 0 Å². The van der Waals surface area contributed by atoms with Gasteiger partial charge in [-0.25, -0.2) is 0 Å². The molecule has 1 saturated heterocycles. The number of Topliss-reactive ketones (excluding diaryl/α,β-unsaturated/α-hetero) is 1. The molecule has 1 aromatic heterocycles. The molecule has 1 aromatic carbocycles. The highest BCUT2D eigenvalue weighted by molar-refractivity contribution is 5.93. The Hall–Kier alpha value is -3.53. The average Bonchev–Trinajstić information content (AvgIpc) is 3.76. The fraction of sp³-hybridized carbons (Fsp3) is 0.629. The molecule has 0 bridgehead atoms. The summed E-state index contributed by atoms with van der Waals surface area (Å²) < 4.78 is 1.56. The van der Waals surface area contributed by atoms with Crippen molar-refractivity contribution in [1.29, 1.82) is 0 Å². The lowest BCUT2D eigenvalue weighted by molar-refractivity contribution is -0.137. The minimum absolute atomic E-state index is 0.00144. The van der Waals surface area contributed by atoms with Gasteiger partial charge in [-0.15, -0.1) is 0 Å². The Balaban J connectivity index is 0.000000440. The summed E-state index contributed by atoms with van der Waals surface area (Å²) in [6, 6.07) is 8.84. The Bertz CT molecular complexity index is 1270. The lowest BCUT2D eigenvalue weighted by Crippen LogP contribution is -2.55. The highest BCUT2D eigenvalue weighted by Gasteiger charge is 2.31. The van der Waals surface area contributed by atoms with Gasteiger partial charge in [0.25, 0.3) is 0 Å². The molecule has 246 valence electrons. The average molecular weight is 621 g/mol. The van der Waals surface area contributed by atoms with Crippen LogP contribution in [0.2, 0.25) is 0 Å². The SMILES string of the molecule is CC(=O)c1ccnn1C.CCC(=O)NC(Cc1ccc(NC(=O)[C@@H](C)C2CCCCC2)cc1)C(=O)N1CCN(CC2CC2)CC1. The van der Waals surface area contributed by atoms with E-state index >= 15 is 0 Å². The summed E-state index contributed by atoms with van der Waals surface area (Å²) in [6.07, 6.45) is 11.1. The van der Waals surface area contributed by atoms with Gasteiger partial charge in [0.2, 0.25) is 17.7 Å². The molecular weight excluding hydrogens is 568 g/mol. The standard InChI is InChI=1S/C29H44N4O3.C6H8N2O/c1-3-27(34)31-26(29(36)33-17-15-32(16-18-33)20-23-9-10-23)19-22-11-13-25(14-12-22)30-28(35)21(2)24-7-5-4-6-8-24;1-5(9)6-3-4-7-8(6)2/h11-14,21,23-24,26H,3-10,15-20H2,1-2H3,(H,30,35)(H,31,34);3-4H,1-2H3/t21-,26?;/m0./s1. The number of anilines is 1. The molecule has 1 unspecified atom stereocenters. The maximum Gasteiger partial charge on any atom is 0.245 e. The molecule has 1 aliphatic heterocycles. The maximum atomic E-state index is 13.4. The van der Waals surface area contributed by atoms with Crippen LogP contribution in [0.15, 0.2) is 36.5 Å². The van der Waals surface area contributed by atoms with E-state index in [-0.39, 0.29) is 29.4 Å². The van der Waals surface area contributed by atoms with Gasteiger partial charge in [-0.05, 0) is 61.3 Å². The van der Waals surface area contributed by atoms with Crippen LogP contribution in [0.1, 0.15) is 88.2 Å². The van der Waals surface area contributed by atoms with Crippen LogP contribution in [-0.2, 0) is 27.9 Å². The van der Waals surface area contributed by atoms with Crippen molar-refractivity contribution >= 4 is 29.2 Å². The normalized spacial score (nSPS) is 18.7. The molecule has 45 heavy (non-hydrogen) atoms. The molecular formula is C35H52N6O4. The van der Waals surface area contributed by atoms with Gasteiger partial charge >= 0.3 is 0 Å². The number of rotatable bonds is 11. The van der Waals surface area contributed by atoms with Crippen LogP contribution in [-0.4, -0.2) is 81.9 Å². The molecule has 3 aliphatic rings. The van der Waals surface area contributed by atoms with Crippen molar-refractivity contribution in [3.63, 3.8) is 0 Å². The number of hydrogen-bond acceptors (Lipinski definition) is 6. The van der Waals surface area contributed by atoms with Gasteiger partial charge < -0.3 is 15.5 Å². The molecule has 5 rings (SSSR count). The summed E-state index contributed by atoms with van der Waals surface area (Å²) in [6.45, 7) is 9.77. The Kier molecular flexibility index (Phi) is 12.7. The number of carbonyl (C=O) groups excluding carboxylic acids is 4. The summed E-state index contributed by atoms with van der Waals surface area (Å²) in [4.78, 5) is 53.4. The molecule has 3 amide bonds. The number of nitrogens with zero attached hydrogens (tertiary/aromatic N) is 4. The lowest BCUT2D eigenvalue weighted by Gasteiger charge is -2.36. The van der Waals surface area contributed by atoms with Gasteiger partial charge in [0.15, 0.2) is 5.78 Å². The molecule has 0 radical (unpaired) electrons. The van der Waals surface area contributed by atoms with Crippen LogP contribution in [0, 0.1) is 17.8 Å². The summed E-state index contributed by atoms with van der Waals surface area (Å²) >= 11 is 0.